The fourth-order valence-corrected chi connectivity index (χ4v) is 3.27. The Bertz CT molecular complexity index is 667. The molecule has 1 amide bonds. The molecule has 2 rings (SSSR count). The number of carbonyl (C=O) groups excluding carboxylic acids is 2. The van der Waals surface area contributed by atoms with Gasteiger partial charge in [0.15, 0.2) is 5.78 Å². The Morgan fingerprint density at radius 1 is 1.25 bits per heavy atom. The predicted molar refractivity (Wildman–Crippen MR) is 84.7 cm³/mol. The molecule has 1 aromatic rings. The van der Waals surface area contributed by atoms with E-state index in [1.165, 1.54) is 11.8 Å². The number of β-amino-alcohol motifs (C(OH)–C–C–N with tert-alkyl or cyclic N) is 1. The number of amides is 1. The van der Waals surface area contributed by atoms with Crippen molar-refractivity contribution < 1.29 is 24.6 Å². The number of carboxylic acid groups (broad SMARTS) is 1. The number of carbonyl (C=O) groups is 3. The lowest BCUT2D eigenvalue weighted by atomic mass is 10.0. The molecule has 0 spiro atoms. The van der Waals surface area contributed by atoms with Crippen LogP contribution < -0.4 is 0 Å². The molecule has 1 fully saturated rings. The molecular weight excluding hydrogens is 314 g/mol. The van der Waals surface area contributed by atoms with Crippen molar-refractivity contribution in [1.82, 2.24) is 14.7 Å². The summed E-state index contributed by atoms with van der Waals surface area (Å²) >= 11 is 0. The Hall–Kier alpha value is -2.22. The summed E-state index contributed by atoms with van der Waals surface area (Å²) < 4.78 is 1.64. The number of aromatic nitrogens is 2. The van der Waals surface area contributed by atoms with Gasteiger partial charge in [0, 0.05) is 37.7 Å². The highest BCUT2D eigenvalue weighted by molar-refractivity contribution is 5.96. The molecule has 1 aliphatic rings. The normalized spacial score (nSPS) is 20.4. The molecule has 0 unspecified atom stereocenters. The summed E-state index contributed by atoms with van der Waals surface area (Å²) in [6.45, 7) is 5.80. The van der Waals surface area contributed by atoms with Crippen LogP contribution in [0.15, 0.2) is 0 Å². The zero-order valence-electron chi connectivity index (χ0n) is 14.2. The van der Waals surface area contributed by atoms with Gasteiger partial charge in [-0.3, -0.25) is 19.1 Å². The molecule has 0 radical (unpaired) electrons. The van der Waals surface area contributed by atoms with E-state index in [9.17, 15) is 19.5 Å². The van der Waals surface area contributed by atoms with Crippen LogP contribution in [-0.4, -0.2) is 61.7 Å². The molecule has 2 heterocycles. The summed E-state index contributed by atoms with van der Waals surface area (Å²) in [5, 5.41) is 23.0. The van der Waals surface area contributed by atoms with Gasteiger partial charge in [-0.15, -0.1) is 0 Å². The van der Waals surface area contributed by atoms with Crippen molar-refractivity contribution in [2.24, 2.45) is 5.92 Å². The summed E-state index contributed by atoms with van der Waals surface area (Å²) in [5.41, 5.74) is 1.96. The Kier molecular flexibility index (Phi) is 5.38. The summed E-state index contributed by atoms with van der Waals surface area (Å²) in [6.07, 6.45) is -0.765. The van der Waals surface area contributed by atoms with Crippen molar-refractivity contribution in [3.05, 3.63) is 17.0 Å². The van der Waals surface area contributed by atoms with Crippen molar-refractivity contribution in [2.75, 3.05) is 13.1 Å². The SMILES string of the molecule is CC(=O)c1c(C)nn(CCC(=O)N2C[C@@H](CC(=O)O)[C@H](O)C2)c1C. The van der Waals surface area contributed by atoms with Gasteiger partial charge in [-0.1, -0.05) is 0 Å². The van der Waals surface area contributed by atoms with Crippen molar-refractivity contribution >= 4 is 17.7 Å². The highest BCUT2D eigenvalue weighted by Gasteiger charge is 2.35. The number of Topliss-reactive ketones (excluding diaryl/α,β-unsaturated/α-hetero) is 1. The maximum Gasteiger partial charge on any atom is 0.303 e. The predicted octanol–water partition coefficient (Wildman–Crippen LogP) is 0.387. The van der Waals surface area contributed by atoms with E-state index in [4.69, 9.17) is 5.11 Å². The van der Waals surface area contributed by atoms with Crippen LogP contribution in [0.2, 0.25) is 0 Å². The first-order valence-electron chi connectivity index (χ1n) is 7.93. The zero-order chi connectivity index (χ0) is 18.0. The second-order valence-electron chi connectivity index (χ2n) is 6.30. The van der Waals surface area contributed by atoms with Crippen molar-refractivity contribution in [3.63, 3.8) is 0 Å². The maximum absolute atomic E-state index is 12.3. The number of hydrogen-bond donors (Lipinski definition) is 2. The fourth-order valence-electron chi connectivity index (χ4n) is 3.27. The monoisotopic (exact) mass is 337 g/mol. The molecule has 1 saturated heterocycles. The van der Waals surface area contributed by atoms with E-state index in [1.54, 1.807) is 18.5 Å². The number of aliphatic hydroxyl groups excluding tert-OH is 1. The second kappa shape index (κ2) is 7.12. The van der Waals surface area contributed by atoms with Gasteiger partial charge in [-0.2, -0.15) is 5.10 Å². The lowest BCUT2D eigenvalue weighted by Crippen LogP contribution is -2.30. The quantitative estimate of drug-likeness (QED) is 0.726. The molecule has 0 aliphatic carbocycles. The molecule has 1 aliphatic heterocycles. The number of hydrogen-bond acceptors (Lipinski definition) is 5. The van der Waals surface area contributed by atoms with Crippen LogP contribution in [0.25, 0.3) is 0 Å². The highest BCUT2D eigenvalue weighted by atomic mass is 16.4. The average Bonchev–Trinajstić information content (AvgIpc) is 2.96. The molecule has 2 N–H and O–H groups in total. The first-order chi connectivity index (χ1) is 11.2. The Labute approximate surface area is 140 Å². The van der Waals surface area contributed by atoms with Crippen LogP contribution in [0.4, 0.5) is 0 Å². The number of nitrogens with zero attached hydrogens (tertiary/aromatic N) is 3. The van der Waals surface area contributed by atoms with Crippen LogP contribution in [0.3, 0.4) is 0 Å². The van der Waals surface area contributed by atoms with Gasteiger partial charge in [0.25, 0.3) is 0 Å². The standard InChI is InChI=1S/C16H23N3O5/c1-9-16(11(3)20)10(2)19(17-9)5-4-14(22)18-7-12(6-15(23)24)13(21)8-18/h12-13,21H,4-8H2,1-3H3,(H,23,24)/t12-,13-/m1/s1. The number of aliphatic carboxylic acids is 1. The third-order valence-corrected chi connectivity index (χ3v) is 4.47. The minimum atomic E-state index is -0.979. The minimum absolute atomic E-state index is 0.0539. The molecule has 2 atom stereocenters. The van der Waals surface area contributed by atoms with Crippen molar-refractivity contribution in [2.45, 2.75) is 46.3 Å². The Morgan fingerprint density at radius 2 is 1.92 bits per heavy atom. The number of likely N-dealkylation sites (tertiary alicyclic amines) is 1. The molecule has 0 saturated carbocycles. The Balaban J connectivity index is 1.96. The molecule has 132 valence electrons. The van der Waals surface area contributed by atoms with Gasteiger partial charge in [-0.05, 0) is 20.8 Å². The molecule has 8 nitrogen and oxygen atoms in total. The molecular formula is C16H23N3O5. The number of rotatable bonds is 6. The molecule has 24 heavy (non-hydrogen) atoms. The van der Waals surface area contributed by atoms with E-state index in [-0.39, 0.29) is 37.6 Å². The third-order valence-electron chi connectivity index (χ3n) is 4.47. The topological polar surface area (TPSA) is 113 Å². The van der Waals surface area contributed by atoms with Crippen LogP contribution in [0.1, 0.15) is 41.5 Å². The number of aliphatic hydroxyl groups is 1. The van der Waals surface area contributed by atoms with E-state index in [0.29, 0.717) is 17.8 Å². The minimum Gasteiger partial charge on any atom is -0.481 e. The molecule has 1 aromatic heterocycles. The lowest BCUT2D eigenvalue weighted by molar-refractivity contribution is -0.139. The summed E-state index contributed by atoms with van der Waals surface area (Å²) in [5.74, 6) is -1.61. The van der Waals surface area contributed by atoms with Crippen LogP contribution in [-0.2, 0) is 16.1 Å². The van der Waals surface area contributed by atoms with E-state index < -0.39 is 18.0 Å². The third kappa shape index (κ3) is 3.81. The first-order valence-corrected chi connectivity index (χ1v) is 7.93. The summed E-state index contributed by atoms with van der Waals surface area (Å²) in [6, 6.07) is 0. The smallest absolute Gasteiger partial charge is 0.303 e. The van der Waals surface area contributed by atoms with Crippen LogP contribution in [0.5, 0.6) is 0 Å². The fraction of sp³-hybridized carbons (Fsp3) is 0.625. The molecule has 8 heteroatoms. The number of aryl methyl sites for hydroxylation is 2. The largest absolute Gasteiger partial charge is 0.481 e. The van der Waals surface area contributed by atoms with Gasteiger partial charge in [-0.25, -0.2) is 0 Å². The van der Waals surface area contributed by atoms with E-state index in [0.717, 1.165) is 5.69 Å². The molecule has 0 bridgehead atoms. The summed E-state index contributed by atoms with van der Waals surface area (Å²) in [4.78, 5) is 36.2. The van der Waals surface area contributed by atoms with Gasteiger partial charge in [0.2, 0.25) is 5.91 Å². The summed E-state index contributed by atoms with van der Waals surface area (Å²) in [7, 11) is 0. The second-order valence-corrected chi connectivity index (χ2v) is 6.30. The maximum atomic E-state index is 12.3. The van der Waals surface area contributed by atoms with Gasteiger partial charge in [0.1, 0.15) is 0 Å². The Morgan fingerprint density at radius 3 is 2.46 bits per heavy atom. The van der Waals surface area contributed by atoms with Gasteiger partial charge < -0.3 is 15.1 Å². The zero-order valence-corrected chi connectivity index (χ0v) is 14.2. The van der Waals surface area contributed by atoms with Crippen LogP contribution in [0, 0.1) is 19.8 Å². The lowest BCUT2D eigenvalue weighted by Gasteiger charge is -2.16. The number of carboxylic acids is 1. The van der Waals surface area contributed by atoms with E-state index in [2.05, 4.69) is 5.10 Å². The average molecular weight is 337 g/mol. The van der Waals surface area contributed by atoms with E-state index >= 15 is 0 Å². The highest BCUT2D eigenvalue weighted by Crippen LogP contribution is 2.21. The number of ketones is 1. The van der Waals surface area contributed by atoms with Crippen molar-refractivity contribution in [3.8, 4) is 0 Å². The van der Waals surface area contributed by atoms with Gasteiger partial charge in [0.05, 0.1) is 23.8 Å². The van der Waals surface area contributed by atoms with Crippen molar-refractivity contribution in [1.29, 1.82) is 0 Å². The first kappa shape index (κ1) is 18.1. The van der Waals surface area contributed by atoms with Crippen LogP contribution >= 0.6 is 0 Å². The van der Waals surface area contributed by atoms with Gasteiger partial charge >= 0.3 is 5.97 Å². The molecule has 0 aromatic carbocycles. The van der Waals surface area contributed by atoms with E-state index in [1.807, 2.05) is 0 Å².